The summed E-state index contributed by atoms with van der Waals surface area (Å²) >= 11 is 0. The van der Waals surface area contributed by atoms with Crippen molar-refractivity contribution < 1.29 is 19.4 Å². The summed E-state index contributed by atoms with van der Waals surface area (Å²) in [6.07, 6.45) is 2.90. The van der Waals surface area contributed by atoms with E-state index in [9.17, 15) is 0 Å². The van der Waals surface area contributed by atoms with Gasteiger partial charge in [-0.3, -0.25) is 0 Å². The predicted octanol–water partition coefficient (Wildman–Crippen LogP) is 0.469. The van der Waals surface area contributed by atoms with Crippen molar-refractivity contribution in [3.05, 3.63) is 0 Å². The van der Waals surface area contributed by atoms with Gasteiger partial charge in [-0.2, -0.15) is 0 Å². The molecule has 0 aromatic heterocycles. The van der Waals surface area contributed by atoms with Gasteiger partial charge in [0.25, 0.3) is 0 Å². The van der Waals surface area contributed by atoms with Gasteiger partial charge >= 0.3 is 0 Å². The average molecular weight is 325 g/mol. The molecule has 1 heterocycles. The molecule has 1 saturated heterocycles. The molecule has 2 N–H and O–H groups in total. The Balaban J connectivity index is 0.000000459. The van der Waals surface area contributed by atoms with Crippen molar-refractivity contribution >= 4 is 25.7 Å². The van der Waals surface area contributed by atoms with E-state index in [0.29, 0.717) is 12.8 Å². The fourth-order valence-corrected chi connectivity index (χ4v) is 8.72. The Kier molecular flexibility index (Phi) is 12.6. The third kappa shape index (κ3) is 14.7. The Labute approximate surface area is 122 Å². The third-order valence-corrected chi connectivity index (χ3v) is 11.8. The van der Waals surface area contributed by atoms with Gasteiger partial charge in [-0.05, 0) is 12.8 Å². The number of aliphatic hydroxyl groups is 2. The van der Waals surface area contributed by atoms with Gasteiger partial charge in [0.2, 0.25) is 0 Å². The molecule has 116 valence electrons. The lowest BCUT2D eigenvalue weighted by atomic mass is 10.5. The van der Waals surface area contributed by atoms with Crippen LogP contribution in [0.15, 0.2) is 0 Å². The van der Waals surface area contributed by atoms with E-state index in [2.05, 4.69) is 19.6 Å². The molecule has 1 rings (SSSR count). The Bertz CT molecular complexity index is 194. The molecule has 0 aliphatic carbocycles. The monoisotopic (exact) mass is 324 g/mol. The van der Waals surface area contributed by atoms with E-state index < -0.39 is 16.4 Å². The highest BCUT2D eigenvalue weighted by atomic mass is 29.2. The van der Waals surface area contributed by atoms with Crippen molar-refractivity contribution in [1.82, 2.24) is 0 Å². The van der Waals surface area contributed by atoms with Crippen molar-refractivity contribution in [2.45, 2.75) is 44.6 Å². The van der Waals surface area contributed by atoms with E-state index in [0.717, 1.165) is 13.2 Å². The summed E-state index contributed by atoms with van der Waals surface area (Å²) < 4.78 is 10.8. The highest BCUT2D eigenvalue weighted by Crippen LogP contribution is 2.10. The van der Waals surface area contributed by atoms with Gasteiger partial charge in [-0.15, -0.1) is 0 Å². The Morgan fingerprint density at radius 2 is 1.95 bits per heavy atom. The quantitative estimate of drug-likeness (QED) is 0.528. The van der Waals surface area contributed by atoms with Crippen molar-refractivity contribution in [3.63, 3.8) is 0 Å². The number of aliphatic hydroxyl groups excluding tert-OH is 2. The smallest absolute Gasteiger partial charge is 0.147 e. The molecular weight excluding hydrogens is 292 g/mol. The first kappa shape index (κ1) is 19.5. The second-order valence-corrected chi connectivity index (χ2v) is 19.8. The van der Waals surface area contributed by atoms with Crippen LogP contribution >= 0.6 is 0 Å². The summed E-state index contributed by atoms with van der Waals surface area (Å²) in [6.45, 7) is 8.92. The average Bonchev–Trinajstić information content (AvgIpc) is 2.40. The second-order valence-electron chi connectivity index (χ2n) is 6.28. The first-order valence-corrected chi connectivity index (χ1v) is 16.5. The fourth-order valence-electron chi connectivity index (χ4n) is 1.68. The summed E-state index contributed by atoms with van der Waals surface area (Å²) in [6, 6.07) is 2.91. The molecule has 0 bridgehead atoms. The molecule has 0 radical (unpaired) electrons. The SMILES string of the molecule is C[Si](C)(C)CO.OCCOCCC[SiH]1CCCO[SiH2]1. The van der Waals surface area contributed by atoms with E-state index >= 15 is 0 Å². The highest BCUT2D eigenvalue weighted by molar-refractivity contribution is 7.10. The molecule has 0 spiro atoms. The molecule has 7 heteroatoms. The van der Waals surface area contributed by atoms with Crippen LogP contribution in [0.1, 0.15) is 12.8 Å². The van der Waals surface area contributed by atoms with Gasteiger partial charge in [0.15, 0.2) is 0 Å². The van der Waals surface area contributed by atoms with E-state index in [1.165, 1.54) is 24.9 Å². The minimum Gasteiger partial charge on any atom is -0.428 e. The lowest BCUT2D eigenvalue weighted by molar-refractivity contribution is 0.0927. The largest absolute Gasteiger partial charge is 0.428 e. The van der Waals surface area contributed by atoms with Gasteiger partial charge in [-0.1, -0.05) is 31.7 Å². The highest BCUT2D eigenvalue weighted by Gasteiger charge is 2.15. The van der Waals surface area contributed by atoms with Gasteiger partial charge in [0, 0.05) is 19.4 Å². The molecule has 1 fully saturated rings. The summed E-state index contributed by atoms with van der Waals surface area (Å²) in [4.78, 5) is 0. The number of hydrogen-bond acceptors (Lipinski definition) is 4. The third-order valence-electron chi connectivity index (χ3n) is 2.87. The molecule has 0 aromatic rings. The maximum atomic E-state index is 8.48. The summed E-state index contributed by atoms with van der Waals surface area (Å²) in [5, 5.41) is 16.9. The maximum Gasteiger partial charge on any atom is 0.147 e. The van der Waals surface area contributed by atoms with Crippen LogP contribution in [0.5, 0.6) is 0 Å². The van der Waals surface area contributed by atoms with Crippen molar-refractivity contribution in [1.29, 1.82) is 0 Å². The molecule has 19 heavy (non-hydrogen) atoms. The molecule has 0 aromatic carbocycles. The van der Waals surface area contributed by atoms with E-state index in [4.69, 9.17) is 19.4 Å². The lowest BCUT2D eigenvalue weighted by Gasteiger charge is -2.19. The van der Waals surface area contributed by atoms with Crippen molar-refractivity contribution in [2.75, 3.05) is 32.7 Å². The molecule has 4 nitrogen and oxygen atoms in total. The Morgan fingerprint density at radius 1 is 1.26 bits per heavy atom. The molecule has 1 aliphatic rings. The maximum absolute atomic E-state index is 8.48. The predicted molar refractivity (Wildman–Crippen MR) is 88.8 cm³/mol. The molecule has 0 saturated carbocycles. The van der Waals surface area contributed by atoms with Crippen LogP contribution < -0.4 is 0 Å². The van der Waals surface area contributed by atoms with Gasteiger partial charge in [0.1, 0.15) is 9.28 Å². The number of ether oxygens (including phenoxy) is 1. The van der Waals surface area contributed by atoms with E-state index in [1.807, 2.05) is 0 Å². The summed E-state index contributed by atoms with van der Waals surface area (Å²) in [7, 11) is -1.56. The molecule has 1 unspecified atom stereocenters. The molecule has 1 aliphatic heterocycles. The van der Waals surface area contributed by atoms with E-state index in [1.54, 1.807) is 0 Å². The molecule has 0 amide bonds. The van der Waals surface area contributed by atoms with Gasteiger partial charge in [-0.25, -0.2) is 0 Å². The second kappa shape index (κ2) is 12.2. The van der Waals surface area contributed by atoms with Crippen molar-refractivity contribution in [3.8, 4) is 0 Å². The normalized spacial score (nSPS) is 21.0. The zero-order valence-electron chi connectivity index (χ0n) is 12.9. The standard InChI is InChI=1S/C8H20O3Si2.C4H12OSi/c9-3-6-10-4-1-7-13-8-2-5-11-12-13;1-6(2,3)4-5/h9,13H,1-8,12H2;5H,4H2,1-3H3. The van der Waals surface area contributed by atoms with Crippen LogP contribution in [0.2, 0.25) is 31.7 Å². The van der Waals surface area contributed by atoms with Gasteiger partial charge in [0.05, 0.1) is 29.6 Å². The summed E-state index contributed by atoms with van der Waals surface area (Å²) in [5.41, 5.74) is 0. The zero-order valence-corrected chi connectivity index (χ0v) is 16.4. The Morgan fingerprint density at radius 3 is 2.42 bits per heavy atom. The van der Waals surface area contributed by atoms with Crippen LogP contribution in [-0.2, 0) is 9.16 Å². The first-order chi connectivity index (χ1) is 8.99. The van der Waals surface area contributed by atoms with Crippen LogP contribution in [-0.4, -0.2) is 68.5 Å². The minimum absolute atomic E-state index is 0.0830. The van der Waals surface area contributed by atoms with Crippen LogP contribution in [0.25, 0.3) is 0 Å². The Hall–Kier alpha value is 0.491. The fraction of sp³-hybridized carbons (Fsp3) is 1.00. The van der Waals surface area contributed by atoms with Crippen LogP contribution in [0.3, 0.4) is 0 Å². The van der Waals surface area contributed by atoms with Crippen molar-refractivity contribution in [2.24, 2.45) is 0 Å². The lowest BCUT2D eigenvalue weighted by Crippen LogP contribution is -2.30. The summed E-state index contributed by atoms with van der Waals surface area (Å²) in [5.74, 6) is 0. The minimum atomic E-state index is -1.08. The zero-order chi connectivity index (χ0) is 14.6. The van der Waals surface area contributed by atoms with E-state index in [-0.39, 0.29) is 15.9 Å². The topological polar surface area (TPSA) is 58.9 Å². The number of rotatable bonds is 7. The molecule has 1 atom stereocenters. The molecular formula is C12H32O4Si3. The van der Waals surface area contributed by atoms with Crippen LogP contribution in [0, 0.1) is 0 Å². The number of hydrogen-bond donors (Lipinski definition) is 2. The van der Waals surface area contributed by atoms with Gasteiger partial charge < -0.3 is 19.4 Å². The first-order valence-electron chi connectivity index (χ1n) is 7.37. The van der Waals surface area contributed by atoms with Crippen LogP contribution in [0.4, 0.5) is 0 Å².